The number of ether oxygens (including phenoxy) is 1. The van der Waals surface area contributed by atoms with Crippen LogP contribution in [0.4, 0.5) is 0 Å². The molecule has 180 valence electrons. The minimum absolute atomic E-state index is 0.0849. The van der Waals surface area contributed by atoms with Crippen molar-refractivity contribution in [2.45, 2.75) is 57.2 Å². The van der Waals surface area contributed by atoms with Crippen LogP contribution in [0.1, 0.15) is 54.3 Å². The van der Waals surface area contributed by atoms with Gasteiger partial charge in [-0.1, -0.05) is 43.5 Å². The van der Waals surface area contributed by atoms with E-state index in [-0.39, 0.29) is 30.8 Å². The number of hydrogen-bond acceptors (Lipinski definition) is 4. The highest BCUT2D eigenvalue weighted by molar-refractivity contribution is 7.10. The molecule has 4 rings (SSSR count). The highest BCUT2D eigenvalue weighted by Crippen LogP contribution is 2.29. The van der Waals surface area contributed by atoms with Crippen LogP contribution < -0.4 is 10.1 Å². The van der Waals surface area contributed by atoms with Crippen LogP contribution in [0.3, 0.4) is 0 Å². The van der Waals surface area contributed by atoms with E-state index in [4.69, 9.17) is 4.74 Å². The van der Waals surface area contributed by atoms with E-state index in [1.807, 2.05) is 71.7 Å². The Morgan fingerprint density at radius 3 is 2.59 bits per heavy atom. The fourth-order valence-electron chi connectivity index (χ4n) is 4.73. The Morgan fingerprint density at radius 1 is 1.12 bits per heavy atom. The van der Waals surface area contributed by atoms with Crippen LogP contribution in [0.2, 0.25) is 0 Å². The molecular formula is C27H33N3O3S. The van der Waals surface area contributed by atoms with E-state index >= 15 is 0 Å². The fraction of sp³-hybridized carbons (Fsp3) is 0.407. The zero-order chi connectivity index (χ0) is 23.9. The summed E-state index contributed by atoms with van der Waals surface area (Å²) in [7, 11) is 3.54. The lowest BCUT2D eigenvalue weighted by Gasteiger charge is -2.34. The minimum Gasteiger partial charge on any atom is -0.496 e. The molecule has 0 bridgehead atoms. The van der Waals surface area contributed by atoms with Crippen molar-refractivity contribution in [2.24, 2.45) is 7.05 Å². The number of aryl methyl sites for hydroxylation is 1. The van der Waals surface area contributed by atoms with Crippen molar-refractivity contribution in [2.75, 3.05) is 7.11 Å². The Balaban J connectivity index is 1.70. The number of aromatic nitrogens is 1. The molecule has 7 heteroatoms. The molecule has 34 heavy (non-hydrogen) atoms. The van der Waals surface area contributed by atoms with E-state index in [0.717, 1.165) is 41.8 Å². The first-order chi connectivity index (χ1) is 16.6. The van der Waals surface area contributed by atoms with Crippen molar-refractivity contribution in [1.82, 2.24) is 14.8 Å². The number of carbonyl (C=O) groups excluding carboxylic acids is 2. The van der Waals surface area contributed by atoms with Gasteiger partial charge in [-0.15, -0.1) is 11.3 Å². The van der Waals surface area contributed by atoms with Gasteiger partial charge in [-0.3, -0.25) is 9.59 Å². The van der Waals surface area contributed by atoms with Crippen LogP contribution >= 0.6 is 11.3 Å². The predicted octanol–water partition coefficient (Wildman–Crippen LogP) is 4.86. The van der Waals surface area contributed by atoms with Gasteiger partial charge in [0.15, 0.2) is 6.04 Å². The quantitative estimate of drug-likeness (QED) is 0.477. The van der Waals surface area contributed by atoms with Crippen LogP contribution in [0.5, 0.6) is 5.75 Å². The van der Waals surface area contributed by atoms with E-state index in [1.165, 1.54) is 6.42 Å². The predicted molar refractivity (Wildman–Crippen MR) is 135 cm³/mol. The van der Waals surface area contributed by atoms with E-state index in [2.05, 4.69) is 5.32 Å². The van der Waals surface area contributed by atoms with Crippen molar-refractivity contribution in [1.29, 1.82) is 0 Å². The summed E-state index contributed by atoms with van der Waals surface area (Å²) in [5.41, 5.74) is 1.66. The molecule has 0 unspecified atom stereocenters. The molecule has 2 amide bonds. The van der Waals surface area contributed by atoms with Crippen molar-refractivity contribution < 1.29 is 14.3 Å². The molecule has 1 aromatic carbocycles. The molecule has 1 N–H and O–H groups in total. The zero-order valence-electron chi connectivity index (χ0n) is 19.9. The molecule has 0 spiro atoms. The summed E-state index contributed by atoms with van der Waals surface area (Å²) >= 11 is 1.55. The van der Waals surface area contributed by atoms with Crippen LogP contribution in [0, 0.1) is 0 Å². The molecule has 3 aromatic rings. The molecule has 1 fully saturated rings. The Morgan fingerprint density at radius 2 is 1.91 bits per heavy atom. The van der Waals surface area contributed by atoms with Crippen LogP contribution in [-0.2, 0) is 29.6 Å². The standard InChI is InChI=1S/C27H33N3O3S/c1-29-16-8-14-23(29)26(27(32)28-21-11-4-3-5-12-21)30(25(31)18-22-13-9-17-34-22)19-20-10-6-7-15-24(20)33-2/h6-10,13-17,21,26H,3-5,11-12,18-19H2,1-2H3,(H,28,32)/t26-/m1/s1. The lowest BCUT2D eigenvalue weighted by atomic mass is 9.95. The van der Waals surface area contributed by atoms with Crippen LogP contribution in [0.15, 0.2) is 60.1 Å². The van der Waals surface area contributed by atoms with E-state index < -0.39 is 6.04 Å². The van der Waals surface area contributed by atoms with Gasteiger partial charge in [-0.2, -0.15) is 0 Å². The van der Waals surface area contributed by atoms with Crippen LogP contribution in [-0.4, -0.2) is 34.4 Å². The highest BCUT2D eigenvalue weighted by atomic mass is 32.1. The maximum Gasteiger partial charge on any atom is 0.249 e. The largest absolute Gasteiger partial charge is 0.496 e. The average molecular weight is 480 g/mol. The molecule has 2 aromatic heterocycles. The number of hydrogen-bond donors (Lipinski definition) is 1. The molecule has 1 aliphatic carbocycles. The second-order valence-corrected chi connectivity index (χ2v) is 9.91. The summed E-state index contributed by atoms with van der Waals surface area (Å²) in [6.07, 6.45) is 7.62. The summed E-state index contributed by atoms with van der Waals surface area (Å²) in [4.78, 5) is 30.3. The molecule has 0 saturated heterocycles. The van der Waals surface area contributed by atoms with E-state index in [1.54, 1.807) is 23.3 Å². The second-order valence-electron chi connectivity index (χ2n) is 8.88. The third-order valence-electron chi connectivity index (χ3n) is 6.53. The van der Waals surface area contributed by atoms with E-state index in [9.17, 15) is 9.59 Å². The molecule has 0 aliphatic heterocycles. The van der Waals surface area contributed by atoms with Crippen molar-refractivity contribution in [3.8, 4) is 5.75 Å². The van der Waals surface area contributed by atoms with Crippen LogP contribution in [0.25, 0.3) is 0 Å². The van der Waals surface area contributed by atoms with Crippen molar-refractivity contribution >= 4 is 23.2 Å². The maximum absolute atomic E-state index is 13.8. The number of methoxy groups -OCH3 is 1. The molecular weight excluding hydrogens is 446 g/mol. The Hall–Kier alpha value is -3.06. The minimum atomic E-state index is -0.737. The van der Waals surface area contributed by atoms with Gasteiger partial charge in [0.2, 0.25) is 11.8 Å². The molecule has 1 saturated carbocycles. The summed E-state index contributed by atoms with van der Waals surface area (Å²) in [6, 6.07) is 14.8. The first kappa shape index (κ1) is 24.1. The third kappa shape index (κ3) is 5.70. The topological polar surface area (TPSA) is 63.6 Å². The lowest BCUT2D eigenvalue weighted by molar-refractivity contribution is -0.141. The van der Waals surface area contributed by atoms with Gasteiger partial charge in [0.25, 0.3) is 0 Å². The third-order valence-corrected chi connectivity index (χ3v) is 7.41. The molecule has 6 nitrogen and oxygen atoms in total. The van der Waals surface area contributed by atoms with Crippen molar-refractivity contribution in [3.05, 3.63) is 76.2 Å². The molecule has 1 aliphatic rings. The smallest absolute Gasteiger partial charge is 0.249 e. The summed E-state index contributed by atoms with van der Waals surface area (Å²) in [6.45, 7) is 0.280. The van der Waals surface area contributed by atoms with Gasteiger partial charge in [0.05, 0.1) is 20.1 Å². The van der Waals surface area contributed by atoms with Gasteiger partial charge in [-0.25, -0.2) is 0 Å². The normalized spacial score (nSPS) is 15.0. The summed E-state index contributed by atoms with van der Waals surface area (Å²) < 4.78 is 7.50. The molecule has 2 heterocycles. The lowest BCUT2D eigenvalue weighted by Crippen LogP contribution is -2.47. The van der Waals surface area contributed by atoms with Gasteiger partial charge in [0.1, 0.15) is 5.75 Å². The number of para-hydroxylation sites is 1. The average Bonchev–Trinajstić information content (AvgIpc) is 3.51. The fourth-order valence-corrected chi connectivity index (χ4v) is 5.42. The van der Waals surface area contributed by atoms with Gasteiger partial charge < -0.3 is 19.5 Å². The highest BCUT2D eigenvalue weighted by Gasteiger charge is 2.35. The zero-order valence-corrected chi connectivity index (χ0v) is 20.7. The second kappa shape index (κ2) is 11.4. The monoisotopic (exact) mass is 479 g/mol. The maximum atomic E-state index is 13.8. The van der Waals surface area contributed by atoms with Gasteiger partial charge in [-0.05, 0) is 42.5 Å². The number of thiophene rings is 1. The number of nitrogens with zero attached hydrogens (tertiary/aromatic N) is 2. The SMILES string of the molecule is COc1ccccc1CN(C(=O)Cc1cccs1)[C@@H](C(=O)NC1CCCCC1)c1cccn1C. The number of rotatable bonds is 9. The Kier molecular flexibility index (Phi) is 8.06. The van der Waals surface area contributed by atoms with E-state index in [0.29, 0.717) is 5.75 Å². The molecule has 0 radical (unpaired) electrons. The first-order valence-electron chi connectivity index (χ1n) is 11.9. The number of amides is 2. The Bertz CT molecular complexity index is 1090. The van der Waals surface area contributed by atoms with Gasteiger partial charge >= 0.3 is 0 Å². The van der Waals surface area contributed by atoms with Crippen molar-refractivity contribution in [3.63, 3.8) is 0 Å². The first-order valence-corrected chi connectivity index (χ1v) is 12.8. The Labute approximate surface area is 205 Å². The number of benzene rings is 1. The summed E-state index contributed by atoms with van der Waals surface area (Å²) in [5.74, 6) is 0.497. The molecule has 1 atom stereocenters. The number of carbonyl (C=O) groups is 2. The number of nitrogens with one attached hydrogen (secondary N) is 1. The summed E-state index contributed by atoms with van der Waals surface area (Å²) in [5, 5.41) is 5.24. The van der Waals surface area contributed by atoms with Gasteiger partial charge in [0, 0.05) is 35.4 Å².